The van der Waals surface area contributed by atoms with Crippen LogP contribution >= 0.6 is 0 Å². The zero-order valence-electron chi connectivity index (χ0n) is 12.6. The Bertz CT molecular complexity index is 520. The van der Waals surface area contributed by atoms with E-state index in [1.807, 2.05) is 0 Å². The molecule has 0 unspecified atom stereocenters. The molecule has 0 aromatic rings. The van der Waals surface area contributed by atoms with E-state index < -0.39 is 72.6 Å². The van der Waals surface area contributed by atoms with Crippen LogP contribution in [0.2, 0.25) is 0 Å². The zero-order valence-corrected chi connectivity index (χ0v) is 12.6. The van der Waals surface area contributed by atoms with Gasteiger partial charge in [-0.05, 0) is 0 Å². The van der Waals surface area contributed by atoms with Crippen LogP contribution in [0.1, 0.15) is 0 Å². The largest absolute Gasteiger partial charge is 2.00 e. The number of hydrogen-bond donors (Lipinski definition) is 6. The molecule has 0 fully saturated rings. The molecule has 0 saturated carbocycles. The monoisotopic (exact) mass is 359 g/mol. The fraction of sp³-hybridized carbons (Fsp3) is 0.500. The van der Waals surface area contributed by atoms with Crippen molar-refractivity contribution in [2.45, 2.75) is 24.4 Å². The molecule has 2 heterocycles. The fourth-order valence-corrected chi connectivity index (χ4v) is 1.63. The maximum Gasteiger partial charge on any atom is 2.00 e. The summed E-state index contributed by atoms with van der Waals surface area (Å²) in [5, 5.41) is 73.5. The van der Waals surface area contributed by atoms with E-state index in [0.717, 1.165) is 0 Å². The Hall–Kier alpha value is -2.37. The Morgan fingerprint density at radius 2 is 1.12 bits per heavy atom. The van der Waals surface area contributed by atoms with Crippen LogP contribution in [-0.2, 0) is 19.1 Å². The van der Waals surface area contributed by atoms with Crippen LogP contribution in [0.3, 0.4) is 0 Å². The van der Waals surface area contributed by atoms with Crippen LogP contribution < -0.4 is 10.2 Å². The van der Waals surface area contributed by atoms with Crippen LogP contribution in [0, 0.1) is 0 Å². The van der Waals surface area contributed by atoms with Crippen LogP contribution in [0.5, 0.6) is 0 Å². The molecule has 13 heteroatoms. The third-order valence-electron chi connectivity index (χ3n) is 2.92. The Morgan fingerprint density at radius 3 is 1.28 bits per heavy atom. The summed E-state index contributed by atoms with van der Waals surface area (Å²) in [6.45, 7) is -1.40. The number of rotatable bonds is 4. The van der Waals surface area contributed by atoms with Crippen molar-refractivity contribution in [2.24, 2.45) is 0 Å². The van der Waals surface area contributed by atoms with E-state index in [1.165, 1.54) is 0 Å². The third-order valence-corrected chi connectivity index (χ3v) is 2.92. The van der Waals surface area contributed by atoms with Crippen LogP contribution in [-0.4, -0.2) is 90.3 Å². The Morgan fingerprint density at radius 1 is 0.840 bits per heavy atom. The van der Waals surface area contributed by atoms with Gasteiger partial charge in [0.15, 0.2) is 12.2 Å². The maximum atomic E-state index is 10.6. The molecule has 0 bridgehead atoms. The van der Waals surface area contributed by atoms with Gasteiger partial charge in [-0.2, -0.15) is 0 Å². The number of aliphatic hydroxyl groups is 6. The minimum atomic E-state index is -1.46. The Kier molecular flexibility index (Phi) is 8.33. The molecule has 0 spiro atoms. The van der Waals surface area contributed by atoms with E-state index in [2.05, 4.69) is 9.47 Å². The fourth-order valence-electron chi connectivity index (χ4n) is 1.63. The second kappa shape index (κ2) is 9.20. The van der Waals surface area contributed by atoms with Crippen LogP contribution in [0.4, 0.5) is 0 Å². The number of carbonyl (C=O) groups excluding carboxylic acids is 2. The minimum absolute atomic E-state index is 0. The molecule has 0 aromatic carbocycles. The summed E-state index contributed by atoms with van der Waals surface area (Å²) in [5.74, 6) is -6.50. The summed E-state index contributed by atoms with van der Waals surface area (Å²) in [6.07, 6.45) is -5.76. The molecule has 4 atom stereocenters. The number of aliphatic hydroxyl groups excluding tert-OH is 6. The molecular formula is C12H14BeO12. The SMILES string of the molecule is O=C1O[C@H]([C@@H](O)CO)C(O)=C1[O-].O=C1O[C@H]([C@@H](O)CO)C(O)=C1[O-].[Be+2]. The summed E-state index contributed by atoms with van der Waals surface area (Å²) in [5.41, 5.74) is 0. The number of ether oxygens (including phenoxy) is 2. The Labute approximate surface area is 143 Å². The van der Waals surface area contributed by atoms with Gasteiger partial charge < -0.3 is 50.3 Å². The van der Waals surface area contributed by atoms with Crippen molar-refractivity contribution in [1.29, 1.82) is 0 Å². The van der Waals surface area contributed by atoms with Gasteiger partial charge in [0.1, 0.15) is 23.7 Å². The second-order valence-corrected chi connectivity index (χ2v) is 4.58. The quantitative estimate of drug-likeness (QED) is 0.204. The van der Waals surface area contributed by atoms with Gasteiger partial charge >= 0.3 is 22.1 Å². The van der Waals surface area contributed by atoms with Gasteiger partial charge in [0, 0.05) is 11.5 Å². The standard InChI is InChI=1S/2C6H8O6.Be/c2*7-1-2(8)5-3(9)4(10)6(11)12-5;/h2*2,5,7-10H,1H2;/q;;+2/p-2/t2*2-,5+;/m00./s1. The molecule has 0 aromatic heterocycles. The van der Waals surface area contributed by atoms with Gasteiger partial charge in [0.05, 0.1) is 13.2 Å². The van der Waals surface area contributed by atoms with E-state index in [1.54, 1.807) is 0 Å². The van der Waals surface area contributed by atoms with E-state index in [9.17, 15) is 19.8 Å². The van der Waals surface area contributed by atoms with Crippen molar-refractivity contribution in [3.8, 4) is 0 Å². The number of esters is 2. The van der Waals surface area contributed by atoms with Crippen molar-refractivity contribution in [2.75, 3.05) is 13.2 Å². The summed E-state index contributed by atoms with van der Waals surface area (Å²) in [6, 6.07) is 0. The van der Waals surface area contributed by atoms with Gasteiger partial charge in [-0.25, -0.2) is 9.59 Å². The minimum Gasteiger partial charge on any atom is -0.865 e. The average Bonchev–Trinajstić information content (AvgIpc) is 2.98. The molecule has 6 N–H and O–H groups in total. The molecule has 25 heavy (non-hydrogen) atoms. The first-order valence-corrected chi connectivity index (χ1v) is 6.35. The van der Waals surface area contributed by atoms with Crippen LogP contribution in [0.15, 0.2) is 23.0 Å². The number of hydrogen-bond acceptors (Lipinski definition) is 12. The topological polar surface area (TPSA) is 220 Å². The molecular weight excluding hydrogens is 345 g/mol. The molecule has 12 nitrogen and oxygen atoms in total. The van der Waals surface area contributed by atoms with Crippen molar-refractivity contribution in [1.82, 2.24) is 0 Å². The molecule has 0 saturated heterocycles. The van der Waals surface area contributed by atoms with E-state index in [4.69, 9.17) is 30.6 Å². The zero-order chi connectivity index (χ0) is 18.6. The summed E-state index contributed by atoms with van der Waals surface area (Å²) in [7, 11) is 0. The predicted molar refractivity (Wildman–Crippen MR) is 71.0 cm³/mol. The molecule has 0 amide bonds. The molecule has 2 rings (SSSR count). The van der Waals surface area contributed by atoms with Crippen molar-refractivity contribution < 1.29 is 59.9 Å². The maximum absolute atomic E-state index is 10.6. The molecule has 0 aliphatic carbocycles. The van der Waals surface area contributed by atoms with E-state index >= 15 is 0 Å². The van der Waals surface area contributed by atoms with Crippen LogP contribution in [0.25, 0.3) is 0 Å². The van der Waals surface area contributed by atoms with Gasteiger partial charge in [-0.15, -0.1) is 0 Å². The second-order valence-electron chi connectivity index (χ2n) is 4.58. The van der Waals surface area contributed by atoms with Crippen molar-refractivity contribution in [3.63, 3.8) is 0 Å². The first kappa shape index (κ1) is 22.6. The summed E-state index contributed by atoms with van der Waals surface area (Å²) in [4.78, 5) is 20.9. The summed E-state index contributed by atoms with van der Waals surface area (Å²) < 4.78 is 8.51. The van der Waals surface area contributed by atoms with Gasteiger partial charge in [0.2, 0.25) is 0 Å². The molecule has 2 aliphatic rings. The Balaban J connectivity index is 0.000000443. The molecule has 136 valence electrons. The third kappa shape index (κ3) is 4.81. The van der Waals surface area contributed by atoms with Gasteiger partial charge in [-0.1, -0.05) is 0 Å². The normalized spacial score (nSPS) is 24.8. The molecule has 2 aliphatic heterocycles. The number of carbonyl (C=O) groups is 2. The number of cyclic esters (lactones) is 2. The summed E-state index contributed by atoms with van der Waals surface area (Å²) >= 11 is 0. The van der Waals surface area contributed by atoms with Gasteiger partial charge in [-0.3, -0.25) is 0 Å². The van der Waals surface area contributed by atoms with E-state index in [-0.39, 0.29) is 10.1 Å². The molecule has 0 radical (unpaired) electrons. The van der Waals surface area contributed by atoms with Crippen molar-refractivity contribution in [3.05, 3.63) is 23.0 Å². The average molecular weight is 359 g/mol. The first-order valence-electron chi connectivity index (χ1n) is 6.35. The predicted octanol–water partition coefficient (Wildman–Crippen LogP) is -5.59. The first-order chi connectivity index (χ1) is 11.1. The van der Waals surface area contributed by atoms with Crippen molar-refractivity contribution >= 4 is 22.1 Å². The van der Waals surface area contributed by atoms with Gasteiger partial charge in [0.25, 0.3) is 0 Å². The van der Waals surface area contributed by atoms with E-state index in [0.29, 0.717) is 0 Å². The smallest absolute Gasteiger partial charge is 0.865 e.